The molecule has 0 atom stereocenters. The third-order valence-corrected chi connectivity index (χ3v) is 1.90. The highest BCUT2D eigenvalue weighted by atomic mass is 19.4. The van der Waals surface area contributed by atoms with Crippen LogP contribution in [0, 0.1) is 0 Å². The van der Waals surface area contributed by atoms with Crippen LogP contribution in [0.3, 0.4) is 0 Å². The molecule has 0 spiro atoms. The molecule has 1 N–H and O–H groups in total. The summed E-state index contributed by atoms with van der Waals surface area (Å²) in [6, 6.07) is 0. The van der Waals surface area contributed by atoms with Crippen LogP contribution in [0.4, 0.5) is 19.1 Å². The second kappa shape index (κ2) is 4.86. The van der Waals surface area contributed by atoms with Gasteiger partial charge in [0.15, 0.2) is 0 Å². The monoisotopic (exact) mass is 256 g/mol. The lowest BCUT2D eigenvalue weighted by Gasteiger charge is -2.07. The number of alkyl halides is 3. The van der Waals surface area contributed by atoms with E-state index in [1.54, 1.807) is 12.2 Å². The van der Waals surface area contributed by atoms with E-state index in [2.05, 4.69) is 20.4 Å². The normalized spacial score (nSPS) is 14.7. The van der Waals surface area contributed by atoms with Gasteiger partial charge in [0.2, 0.25) is 5.95 Å². The summed E-state index contributed by atoms with van der Waals surface area (Å²) in [6.07, 6.45) is 2.85. The number of allylic oxidation sites excluding steroid dienone is 2. The van der Waals surface area contributed by atoms with Crippen molar-refractivity contribution in [2.75, 3.05) is 5.32 Å². The van der Waals surface area contributed by atoms with Crippen molar-refractivity contribution in [1.82, 2.24) is 9.97 Å². The minimum Gasteiger partial charge on any atom is -0.363 e. The second-order valence-corrected chi connectivity index (χ2v) is 3.21. The average Bonchev–Trinajstić information content (AvgIpc) is 2.57. The molecule has 0 aliphatic carbocycles. The van der Waals surface area contributed by atoms with Gasteiger partial charge in [0, 0.05) is 12.4 Å². The highest BCUT2D eigenvalue weighted by Gasteiger charge is 2.31. The van der Waals surface area contributed by atoms with Crippen LogP contribution in [-0.2, 0) is 11.0 Å². The second-order valence-electron chi connectivity index (χ2n) is 3.21. The van der Waals surface area contributed by atoms with Gasteiger partial charge in [0.1, 0.15) is 6.26 Å². The molecule has 0 unspecified atom stereocenters. The molecule has 2 heterocycles. The van der Waals surface area contributed by atoms with Gasteiger partial charge in [-0.05, 0) is 12.2 Å². The minimum atomic E-state index is -4.45. The topological polar surface area (TPSA) is 59.4 Å². The van der Waals surface area contributed by atoms with Crippen molar-refractivity contribution in [2.24, 2.45) is 5.16 Å². The summed E-state index contributed by atoms with van der Waals surface area (Å²) < 4.78 is 36.8. The molecule has 94 valence electrons. The van der Waals surface area contributed by atoms with Crippen LogP contribution in [0.2, 0.25) is 0 Å². The maximum absolute atomic E-state index is 12.3. The van der Waals surface area contributed by atoms with Crippen molar-refractivity contribution in [3.63, 3.8) is 0 Å². The Morgan fingerprint density at radius 2 is 1.89 bits per heavy atom. The van der Waals surface area contributed by atoms with E-state index in [0.717, 1.165) is 0 Å². The standard InChI is InChI=1S/C10H7F3N4O/c11-10(12,13)7-4-14-9(15-5-7)17-8-2-1-3-16-18-6-8/h1-6H,(H,14,15,17). The van der Waals surface area contributed by atoms with E-state index in [9.17, 15) is 13.2 Å². The van der Waals surface area contributed by atoms with Gasteiger partial charge in [-0.15, -0.1) is 0 Å². The summed E-state index contributed by atoms with van der Waals surface area (Å²) in [6.45, 7) is 0. The van der Waals surface area contributed by atoms with Gasteiger partial charge in [0.05, 0.1) is 17.5 Å². The van der Waals surface area contributed by atoms with E-state index >= 15 is 0 Å². The molecular formula is C10H7F3N4O. The number of halogens is 3. The Hall–Kier alpha value is -2.38. The first-order valence-corrected chi connectivity index (χ1v) is 4.78. The van der Waals surface area contributed by atoms with E-state index < -0.39 is 11.7 Å². The Labute approximate surface area is 99.7 Å². The zero-order chi connectivity index (χ0) is 13.0. The number of rotatable bonds is 2. The first kappa shape index (κ1) is 12.1. The molecule has 0 aromatic carbocycles. The van der Waals surface area contributed by atoms with Gasteiger partial charge in [-0.25, -0.2) is 9.97 Å². The lowest BCUT2D eigenvalue weighted by Crippen LogP contribution is -2.08. The summed E-state index contributed by atoms with van der Waals surface area (Å²) in [7, 11) is 0. The maximum Gasteiger partial charge on any atom is 0.419 e. The number of hydrogen-bond acceptors (Lipinski definition) is 5. The summed E-state index contributed by atoms with van der Waals surface area (Å²) in [5, 5.41) is 6.17. The quantitative estimate of drug-likeness (QED) is 0.882. The van der Waals surface area contributed by atoms with Crippen molar-refractivity contribution in [3.05, 3.63) is 42.1 Å². The SMILES string of the molecule is FC(F)(F)c1cnc(NC2=CON=CC=C2)nc1. The fourth-order valence-electron chi connectivity index (χ4n) is 1.08. The van der Waals surface area contributed by atoms with Gasteiger partial charge in [-0.3, -0.25) is 0 Å². The number of aromatic nitrogens is 2. The zero-order valence-electron chi connectivity index (χ0n) is 8.85. The lowest BCUT2D eigenvalue weighted by molar-refractivity contribution is -0.138. The molecule has 0 saturated heterocycles. The number of oxime groups is 1. The molecule has 1 aliphatic rings. The van der Waals surface area contributed by atoms with E-state index in [4.69, 9.17) is 4.84 Å². The molecule has 2 rings (SSSR count). The summed E-state index contributed by atoms with van der Waals surface area (Å²) in [4.78, 5) is 11.8. The van der Waals surface area contributed by atoms with Crippen molar-refractivity contribution >= 4 is 12.2 Å². The van der Waals surface area contributed by atoms with Gasteiger partial charge >= 0.3 is 6.18 Å². The van der Waals surface area contributed by atoms with Crippen LogP contribution >= 0.6 is 0 Å². The van der Waals surface area contributed by atoms with E-state index in [1.165, 1.54) is 12.5 Å². The highest BCUT2D eigenvalue weighted by Crippen LogP contribution is 2.28. The van der Waals surface area contributed by atoms with Crippen LogP contribution in [0.15, 0.2) is 41.7 Å². The molecule has 5 nitrogen and oxygen atoms in total. The molecule has 18 heavy (non-hydrogen) atoms. The third-order valence-electron chi connectivity index (χ3n) is 1.90. The Morgan fingerprint density at radius 3 is 2.56 bits per heavy atom. The fraction of sp³-hybridized carbons (Fsp3) is 0.100. The number of nitrogens with zero attached hydrogens (tertiary/aromatic N) is 3. The maximum atomic E-state index is 12.3. The molecule has 0 bridgehead atoms. The minimum absolute atomic E-state index is 0.0319. The molecule has 1 aromatic rings. The fourth-order valence-corrected chi connectivity index (χ4v) is 1.08. The molecule has 8 heteroatoms. The molecule has 0 amide bonds. The summed E-state index contributed by atoms with van der Waals surface area (Å²) >= 11 is 0. The predicted octanol–water partition coefficient (Wildman–Crippen LogP) is 2.32. The van der Waals surface area contributed by atoms with Gasteiger partial charge in [0.25, 0.3) is 0 Å². The van der Waals surface area contributed by atoms with Crippen molar-refractivity contribution in [2.45, 2.75) is 6.18 Å². The Morgan fingerprint density at radius 1 is 1.17 bits per heavy atom. The van der Waals surface area contributed by atoms with Crippen LogP contribution in [0.25, 0.3) is 0 Å². The number of hydrogen-bond donors (Lipinski definition) is 1. The molecular weight excluding hydrogens is 249 g/mol. The number of anilines is 1. The predicted molar refractivity (Wildman–Crippen MR) is 57.5 cm³/mol. The van der Waals surface area contributed by atoms with Crippen LogP contribution in [0.5, 0.6) is 0 Å². The smallest absolute Gasteiger partial charge is 0.363 e. The molecule has 0 radical (unpaired) electrons. The van der Waals surface area contributed by atoms with Crippen molar-refractivity contribution < 1.29 is 18.0 Å². The first-order valence-electron chi connectivity index (χ1n) is 4.78. The molecule has 0 saturated carbocycles. The Balaban J connectivity index is 2.09. The summed E-state index contributed by atoms with van der Waals surface area (Å²) in [5.41, 5.74) is -0.440. The van der Waals surface area contributed by atoms with Crippen LogP contribution in [-0.4, -0.2) is 16.2 Å². The Kier molecular flexibility index (Phi) is 3.26. The van der Waals surface area contributed by atoms with Gasteiger partial charge in [-0.1, -0.05) is 5.16 Å². The zero-order valence-corrected chi connectivity index (χ0v) is 8.85. The van der Waals surface area contributed by atoms with Crippen molar-refractivity contribution in [1.29, 1.82) is 0 Å². The van der Waals surface area contributed by atoms with E-state index in [0.29, 0.717) is 18.1 Å². The van der Waals surface area contributed by atoms with Crippen molar-refractivity contribution in [3.8, 4) is 0 Å². The van der Waals surface area contributed by atoms with E-state index in [-0.39, 0.29) is 5.95 Å². The third kappa shape index (κ3) is 3.06. The lowest BCUT2D eigenvalue weighted by atomic mass is 10.3. The Bertz CT molecular complexity index is 505. The largest absolute Gasteiger partial charge is 0.419 e. The highest BCUT2D eigenvalue weighted by molar-refractivity contribution is 5.72. The number of nitrogens with one attached hydrogen (secondary N) is 1. The summed E-state index contributed by atoms with van der Waals surface area (Å²) in [5.74, 6) is 0.0319. The average molecular weight is 256 g/mol. The van der Waals surface area contributed by atoms with Gasteiger partial charge < -0.3 is 10.2 Å². The van der Waals surface area contributed by atoms with E-state index in [1.807, 2.05) is 0 Å². The molecule has 0 fully saturated rings. The first-order chi connectivity index (χ1) is 8.55. The van der Waals surface area contributed by atoms with Gasteiger partial charge in [-0.2, -0.15) is 13.2 Å². The van der Waals surface area contributed by atoms with Crippen LogP contribution < -0.4 is 5.32 Å². The molecule has 1 aliphatic heterocycles. The van der Waals surface area contributed by atoms with Crippen LogP contribution in [0.1, 0.15) is 5.56 Å². The molecule has 1 aromatic heterocycles.